The number of allylic oxidation sites excluding steroid dienone is 1. The molecule has 9 nitrogen and oxygen atoms in total. The highest BCUT2D eigenvalue weighted by Gasteiger charge is 2.50. The van der Waals surface area contributed by atoms with E-state index in [4.69, 9.17) is 21.1 Å². The van der Waals surface area contributed by atoms with E-state index in [1.54, 1.807) is 6.07 Å². The Morgan fingerprint density at radius 2 is 1.90 bits per heavy atom. The number of piperazine rings is 1. The SMILES string of the molecule is CC[C@@H]1CC/C=C/[C@](CN2CCN(C)CC2)(OC)[C@@H]2CC[C@H]2CN2C[C@@]3(CCCc4cc(Cl)ccc43)COc3ccc(cc32)C(=O)NS1(=O)=O. The highest BCUT2D eigenvalue weighted by atomic mass is 35.5. The lowest BCUT2D eigenvalue weighted by atomic mass is 9.63. The second-order valence-corrected chi connectivity index (χ2v) is 17.9. The van der Waals surface area contributed by atoms with Crippen LogP contribution in [0.25, 0.3) is 0 Å². The van der Waals surface area contributed by atoms with Gasteiger partial charge in [0.05, 0.1) is 17.5 Å². The Kier molecular flexibility index (Phi) is 10.3. The number of nitrogens with one attached hydrogen (secondary N) is 1. The molecule has 0 unspecified atom stereocenters. The molecule has 11 heteroatoms. The average Bonchev–Trinajstić information content (AvgIpc) is 3.23. The molecule has 5 atom stereocenters. The van der Waals surface area contributed by atoms with Crippen molar-refractivity contribution < 1.29 is 22.7 Å². The summed E-state index contributed by atoms with van der Waals surface area (Å²) in [5, 5.41) is 0.0663. The molecule has 7 rings (SSSR count). The van der Waals surface area contributed by atoms with Crippen LogP contribution in [0.2, 0.25) is 5.02 Å². The first-order valence-corrected chi connectivity index (χ1v) is 20.5. The summed E-state index contributed by atoms with van der Waals surface area (Å²) >= 11 is 6.49. The number of hydrogen-bond donors (Lipinski definition) is 1. The molecular formula is C39H53ClN4O5S. The van der Waals surface area contributed by atoms with Crippen molar-refractivity contribution >= 4 is 33.2 Å². The molecule has 2 aliphatic carbocycles. The normalized spacial score (nSPS) is 32.5. The van der Waals surface area contributed by atoms with Crippen LogP contribution in [0.3, 0.4) is 0 Å². The molecule has 1 saturated carbocycles. The van der Waals surface area contributed by atoms with Crippen LogP contribution in [0.4, 0.5) is 5.69 Å². The van der Waals surface area contributed by atoms with Crippen molar-refractivity contribution in [1.29, 1.82) is 0 Å². The summed E-state index contributed by atoms with van der Waals surface area (Å²) in [7, 11) is 0.126. The zero-order valence-corrected chi connectivity index (χ0v) is 31.4. The van der Waals surface area contributed by atoms with Crippen LogP contribution < -0.4 is 14.4 Å². The second kappa shape index (κ2) is 14.4. The number of sulfonamides is 1. The van der Waals surface area contributed by atoms with Gasteiger partial charge in [0.25, 0.3) is 5.91 Å². The number of fused-ring (bicyclic) bond motifs is 4. The number of rotatable bonds is 4. The number of anilines is 1. The van der Waals surface area contributed by atoms with E-state index in [9.17, 15) is 13.2 Å². The summed E-state index contributed by atoms with van der Waals surface area (Å²) in [6.07, 6.45) is 11.0. The van der Waals surface area contributed by atoms with Gasteiger partial charge >= 0.3 is 0 Å². The summed E-state index contributed by atoms with van der Waals surface area (Å²) in [6.45, 7) is 8.76. The monoisotopic (exact) mass is 724 g/mol. The van der Waals surface area contributed by atoms with E-state index in [1.807, 2.05) is 32.2 Å². The second-order valence-electron chi connectivity index (χ2n) is 15.5. The minimum atomic E-state index is -3.90. The van der Waals surface area contributed by atoms with E-state index in [1.165, 1.54) is 11.1 Å². The van der Waals surface area contributed by atoms with Crippen molar-refractivity contribution in [2.75, 3.05) is 71.5 Å². The molecule has 1 N–H and O–H groups in total. The van der Waals surface area contributed by atoms with Gasteiger partial charge in [0, 0.05) is 68.9 Å². The zero-order valence-electron chi connectivity index (χ0n) is 29.8. The maximum Gasteiger partial charge on any atom is 0.264 e. The molecule has 50 heavy (non-hydrogen) atoms. The van der Waals surface area contributed by atoms with E-state index in [2.05, 4.69) is 50.8 Å². The number of halogens is 1. The molecule has 2 aromatic rings. The molecule has 0 aromatic heterocycles. The summed E-state index contributed by atoms with van der Waals surface area (Å²) in [5.74, 6) is 0.769. The van der Waals surface area contributed by atoms with Crippen molar-refractivity contribution in [3.63, 3.8) is 0 Å². The highest BCUT2D eigenvalue weighted by Crippen LogP contribution is 2.49. The molecule has 272 valence electrons. The predicted octanol–water partition coefficient (Wildman–Crippen LogP) is 5.66. The van der Waals surface area contributed by atoms with Gasteiger partial charge in [0.15, 0.2) is 0 Å². The topological polar surface area (TPSA) is 91.4 Å². The number of methoxy groups -OCH3 is 1. The Balaban J connectivity index is 1.30. The van der Waals surface area contributed by atoms with E-state index in [0.29, 0.717) is 37.4 Å². The van der Waals surface area contributed by atoms with Crippen LogP contribution >= 0.6 is 11.6 Å². The molecular weight excluding hydrogens is 672 g/mol. The quantitative estimate of drug-likeness (QED) is 0.405. The van der Waals surface area contributed by atoms with Crippen LogP contribution in [0.5, 0.6) is 5.75 Å². The van der Waals surface area contributed by atoms with Crippen molar-refractivity contribution in [2.45, 2.75) is 74.6 Å². The fraction of sp³-hybridized carbons (Fsp3) is 0.615. The third-order valence-corrected chi connectivity index (χ3v) is 14.6. The Bertz CT molecular complexity index is 1710. The van der Waals surface area contributed by atoms with E-state index in [0.717, 1.165) is 94.4 Å². The number of carbonyl (C=O) groups excluding carboxylic acids is 1. The van der Waals surface area contributed by atoms with Crippen LogP contribution in [-0.2, 0) is 26.6 Å². The van der Waals surface area contributed by atoms with Gasteiger partial charge in [-0.3, -0.25) is 9.69 Å². The van der Waals surface area contributed by atoms with Gasteiger partial charge in [-0.1, -0.05) is 36.7 Å². The van der Waals surface area contributed by atoms with Gasteiger partial charge < -0.3 is 19.3 Å². The lowest BCUT2D eigenvalue weighted by Crippen LogP contribution is -2.58. The highest BCUT2D eigenvalue weighted by molar-refractivity contribution is 7.90. The lowest BCUT2D eigenvalue weighted by Gasteiger charge is -2.52. The van der Waals surface area contributed by atoms with E-state index in [-0.39, 0.29) is 11.3 Å². The zero-order chi connectivity index (χ0) is 35.1. The average molecular weight is 725 g/mol. The third-order valence-electron chi connectivity index (χ3n) is 12.4. The molecule has 2 bridgehead atoms. The van der Waals surface area contributed by atoms with E-state index >= 15 is 0 Å². The molecule has 1 amide bonds. The molecule has 1 saturated heterocycles. The van der Waals surface area contributed by atoms with Gasteiger partial charge in [0.2, 0.25) is 10.0 Å². The van der Waals surface area contributed by atoms with Crippen LogP contribution in [0.15, 0.2) is 48.6 Å². The molecule has 5 aliphatic rings. The molecule has 1 spiro atoms. The lowest BCUT2D eigenvalue weighted by molar-refractivity contribution is -0.0949. The van der Waals surface area contributed by atoms with E-state index < -0.39 is 26.8 Å². The first-order valence-electron chi connectivity index (χ1n) is 18.6. The number of likely N-dealkylation sites (N-methyl/N-ethyl adjacent to an activating group) is 1. The van der Waals surface area contributed by atoms with Crippen molar-refractivity contribution in [2.24, 2.45) is 11.8 Å². The molecule has 2 fully saturated rings. The van der Waals surface area contributed by atoms with Gasteiger partial charge in [-0.2, -0.15) is 0 Å². The fourth-order valence-corrected chi connectivity index (χ4v) is 10.9. The van der Waals surface area contributed by atoms with Gasteiger partial charge in [-0.15, -0.1) is 0 Å². The third kappa shape index (κ3) is 6.95. The number of nitrogens with zero attached hydrogens (tertiary/aromatic N) is 3. The minimum Gasteiger partial charge on any atom is -0.490 e. The summed E-state index contributed by atoms with van der Waals surface area (Å²) in [6, 6.07) is 11.7. The number of ether oxygens (including phenoxy) is 2. The number of carbonyl (C=O) groups is 1. The number of aryl methyl sites for hydroxylation is 1. The van der Waals surface area contributed by atoms with Gasteiger partial charge in [-0.05, 0) is 112 Å². The number of amides is 1. The molecule has 3 aliphatic heterocycles. The Hall–Kier alpha value is -2.63. The number of hydrogen-bond acceptors (Lipinski definition) is 8. The first kappa shape index (κ1) is 35.8. The smallest absolute Gasteiger partial charge is 0.264 e. The largest absolute Gasteiger partial charge is 0.490 e. The standard InChI is InChI=1S/C39H53ClN4O5S/c1-4-32-9-5-6-17-39(48-3,26-43-20-18-42(2)19-21-43)34-13-10-30(34)24-44-25-38(16-7-8-28-22-31(40)12-14-33(28)38)27-49-36-15-11-29(23-35(36)44)37(45)41-50(32,46)47/h6,11-12,14-15,17,22-23,30,32,34H,4-5,7-10,13,16,18-21,24-27H2,1-3H3,(H,41,45)/b17-6+/t30-,32+,34+,38-,39+/m0/s1. The first-order chi connectivity index (χ1) is 24.0. The fourth-order valence-electron chi connectivity index (χ4n) is 9.32. The minimum absolute atomic E-state index is 0.255. The van der Waals surface area contributed by atoms with Crippen molar-refractivity contribution in [3.8, 4) is 5.75 Å². The van der Waals surface area contributed by atoms with Crippen LogP contribution in [0, 0.1) is 11.8 Å². The van der Waals surface area contributed by atoms with Crippen molar-refractivity contribution in [1.82, 2.24) is 14.5 Å². The summed E-state index contributed by atoms with van der Waals surface area (Å²) < 4.78 is 42.9. The maximum absolute atomic E-state index is 13.6. The Morgan fingerprint density at radius 3 is 2.64 bits per heavy atom. The number of benzene rings is 2. The predicted molar refractivity (Wildman–Crippen MR) is 199 cm³/mol. The summed E-state index contributed by atoms with van der Waals surface area (Å²) in [4.78, 5) is 21.0. The van der Waals surface area contributed by atoms with Gasteiger partial charge in [0.1, 0.15) is 11.4 Å². The molecule has 3 heterocycles. The van der Waals surface area contributed by atoms with Crippen molar-refractivity contribution in [3.05, 3.63) is 70.3 Å². The Labute approximate surface area is 303 Å². The Morgan fingerprint density at radius 1 is 1.08 bits per heavy atom. The van der Waals surface area contributed by atoms with Crippen LogP contribution in [-0.4, -0.2) is 102 Å². The molecule has 0 radical (unpaired) electrons. The molecule has 2 aromatic carbocycles. The summed E-state index contributed by atoms with van der Waals surface area (Å²) in [5.41, 5.74) is 2.98. The van der Waals surface area contributed by atoms with Crippen LogP contribution in [0.1, 0.15) is 73.4 Å². The maximum atomic E-state index is 13.6. The van der Waals surface area contributed by atoms with Gasteiger partial charge in [-0.25, -0.2) is 13.1 Å².